The summed E-state index contributed by atoms with van der Waals surface area (Å²) in [7, 11) is 0. The SMILES string of the molecule is CCOC1=NN(c2ccc(NC(C)=O)cc2)C(=O)C1C. The van der Waals surface area contributed by atoms with Gasteiger partial charge < -0.3 is 10.1 Å². The van der Waals surface area contributed by atoms with E-state index in [1.165, 1.54) is 11.9 Å². The fraction of sp³-hybridized carbons (Fsp3) is 0.357. The number of carbonyl (C=O) groups excluding carboxylic acids is 2. The van der Waals surface area contributed by atoms with Gasteiger partial charge in [0.05, 0.1) is 12.3 Å². The van der Waals surface area contributed by atoms with E-state index < -0.39 is 0 Å². The molecule has 0 fully saturated rings. The first-order valence-corrected chi connectivity index (χ1v) is 6.46. The van der Waals surface area contributed by atoms with Gasteiger partial charge in [-0.05, 0) is 38.1 Å². The first-order chi connectivity index (χ1) is 9.52. The molecule has 106 valence electrons. The van der Waals surface area contributed by atoms with Crippen molar-refractivity contribution in [3.63, 3.8) is 0 Å². The predicted octanol–water partition coefficient (Wildman–Crippen LogP) is 1.98. The van der Waals surface area contributed by atoms with Gasteiger partial charge in [-0.2, -0.15) is 5.01 Å². The lowest BCUT2D eigenvalue weighted by atomic mass is 10.1. The Labute approximate surface area is 117 Å². The summed E-state index contributed by atoms with van der Waals surface area (Å²) in [4.78, 5) is 23.1. The van der Waals surface area contributed by atoms with Crippen molar-refractivity contribution in [3.05, 3.63) is 24.3 Å². The molecule has 0 saturated heterocycles. The summed E-state index contributed by atoms with van der Waals surface area (Å²) >= 11 is 0. The normalized spacial score (nSPS) is 17.9. The Balaban J connectivity index is 2.19. The molecule has 0 spiro atoms. The molecule has 20 heavy (non-hydrogen) atoms. The zero-order valence-corrected chi connectivity index (χ0v) is 11.7. The molecule has 1 atom stereocenters. The van der Waals surface area contributed by atoms with E-state index in [-0.39, 0.29) is 17.7 Å². The fourth-order valence-electron chi connectivity index (χ4n) is 1.90. The first-order valence-electron chi connectivity index (χ1n) is 6.46. The van der Waals surface area contributed by atoms with Crippen LogP contribution in [-0.4, -0.2) is 24.3 Å². The molecule has 2 rings (SSSR count). The van der Waals surface area contributed by atoms with Crippen molar-refractivity contribution in [2.75, 3.05) is 16.9 Å². The number of nitrogens with zero attached hydrogens (tertiary/aromatic N) is 2. The average Bonchev–Trinajstić information content (AvgIpc) is 2.68. The number of carbonyl (C=O) groups is 2. The van der Waals surface area contributed by atoms with Crippen LogP contribution < -0.4 is 10.3 Å². The highest BCUT2D eigenvalue weighted by atomic mass is 16.5. The Hall–Kier alpha value is -2.37. The van der Waals surface area contributed by atoms with Crippen LogP contribution in [0.4, 0.5) is 11.4 Å². The highest BCUT2D eigenvalue weighted by Crippen LogP contribution is 2.25. The van der Waals surface area contributed by atoms with Crippen molar-refractivity contribution in [1.29, 1.82) is 0 Å². The Morgan fingerprint density at radius 2 is 2.05 bits per heavy atom. The highest BCUT2D eigenvalue weighted by Gasteiger charge is 2.34. The van der Waals surface area contributed by atoms with Crippen LogP contribution in [0.5, 0.6) is 0 Å². The van der Waals surface area contributed by atoms with Crippen molar-refractivity contribution in [3.8, 4) is 0 Å². The molecule has 1 aromatic carbocycles. The third-order valence-corrected chi connectivity index (χ3v) is 2.87. The van der Waals surface area contributed by atoms with Gasteiger partial charge >= 0.3 is 0 Å². The topological polar surface area (TPSA) is 71.0 Å². The Morgan fingerprint density at radius 1 is 1.40 bits per heavy atom. The standard InChI is InChI=1S/C14H17N3O3/c1-4-20-13-9(2)14(19)17(16-13)12-7-5-11(6-8-12)15-10(3)18/h5-9H,4H2,1-3H3,(H,15,18). The molecular weight excluding hydrogens is 258 g/mol. The number of hydrogen-bond donors (Lipinski definition) is 1. The summed E-state index contributed by atoms with van der Waals surface area (Å²) in [6, 6.07) is 6.91. The summed E-state index contributed by atoms with van der Waals surface area (Å²) in [5.74, 6) is -0.200. The molecule has 0 aliphatic carbocycles. The van der Waals surface area contributed by atoms with Crippen molar-refractivity contribution in [2.45, 2.75) is 20.8 Å². The van der Waals surface area contributed by atoms with Crippen molar-refractivity contribution < 1.29 is 14.3 Å². The van der Waals surface area contributed by atoms with E-state index in [9.17, 15) is 9.59 Å². The summed E-state index contributed by atoms with van der Waals surface area (Å²) in [6.45, 7) is 5.54. The molecule has 1 aliphatic heterocycles. The van der Waals surface area contributed by atoms with Gasteiger partial charge in [-0.1, -0.05) is 0 Å². The van der Waals surface area contributed by atoms with Crippen LogP contribution in [-0.2, 0) is 14.3 Å². The van der Waals surface area contributed by atoms with Gasteiger partial charge in [0, 0.05) is 12.6 Å². The molecule has 1 heterocycles. The fourth-order valence-corrected chi connectivity index (χ4v) is 1.90. The molecule has 0 aromatic heterocycles. The third kappa shape index (κ3) is 2.79. The van der Waals surface area contributed by atoms with Gasteiger partial charge in [0.25, 0.3) is 5.91 Å². The van der Waals surface area contributed by atoms with Gasteiger partial charge in [-0.3, -0.25) is 9.59 Å². The lowest BCUT2D eigenvalue weighted by Crippen LogP contribution is -2.26. The maximum Gasteiger partial charge on any atom is 0.259 e. The second-order valence-electron chi connectivity index (χ2n) is 4.47. The van der Waals surface area contributed by atoms with Crippen LogP contribution >= 0.6 is 0 Å². The number of nitrogens with one attached hydrogen (secondary N) is 1. The van der Waals surface area contributed by atoms with E-state index in [4.69, 9.17) is 4.74 Å². The minimum absolute atomic E-state index is 0.124. The zero-order chi connectivity index (χ0) is 14.7. The van der Waals surface area contributed by atoms with Crippen LogP contribution in [0.2, 0.25) is 0 Å². The molecule has 6 heteroatoms. The van der Waals surface area contributed by atoms with Crippen LogP contribution in [0.3, 0.4) is 0 Å². The average molecular weight is 275 g/mol. The van der Waals surface area contributed by atoms with E-state index in [1.807, 2.05) is 6.92 Å². The first kappa shape index (κ1) is 14.0. The molecule has 0 saturated carbocycles. The second kappa shape index (κ2) is 5.73. The van der Waals surface area contributed by atoms with Crippen molar-refractivity contribution in [1.82, 2.24) is 0 Å². The molecule has 2 amide bonds. The monoisotopic (exact) mass is 275 g/mol. The largest absolute Gasteiger partial charge is 0.479 e. The van der Waals surface area contributed by atoms with E-state index in [0.29, 0.717) is 23.9 Å². The van der Waals surface area contributed by atoms with Crippen LogP contribution in [0.1, 0.15) is 20.8 Å². The lowest BCUT2D eigenvalue weighted by Gasteiger charge is -2.12. The van der Waals surface area contributed by atoms with Gasteiger partial charge in [0.15, 0.2) is 0 Å². The van der Waals surface area contributed by atoms with Crippen molar-refractivity contribution in [2.24, 2.45) is 11.0 Å². The van der Waals surface area contributed by atoms with Gasteiger partial charge in [-0.15, -0.1) is 5.10 Å². The molecule has 1 aromatic rings. The number of anilines is 2. The molecule has 0 bridgehead atoms. The molecule has 6 nitrogen and oxygen atoms in total. The molecule has 0 radical (unpaired) electrons. The molecule has 1 aliphatic rings. The molecule has 1 unspecified atom stereocenters. The third-order valence-electron chi connectivity index (χ3n) is 2.87. The maximum absolute atomic E-state index is 12.1. The summed E-state index contributed by atoms with van der Waals surface area (Å²) < 4.78 is 5.34. The van der Waals surface area contributed by atoms with E-state index in [1.54, 1.807) is 31.2 Å². The highest BCUT2D eigenvalue weighted by molar-refractivity contribution is 6.12. The Kier molecular flexibility index (Phi) is 4.02. The minimum atomic E-state index is -0.370. The van der Waals surface area contributed by atoms with Gasteiger partial charge in [-0.25, -0.2) is 0 Å². The number of hydrogen-bond acceptors (Lipinski definition) is 4. The summed E-state index contributed by atoms with van der Waals surface area (Å²) in [5, 5.41) is 8.19. The van der Waals surface area contributed by atoms with Crippen LogP contribution in [0, 0.1) is 5.92 Å². The smallest absolute Gasteiger partial charge is 0.259 e. The predicted molar refractivity (Wildman–Crippen MR) is 76.5 cm³/mol. The van der Waals surface area contributed by atoms with E-state index >= 15 is 0 Å². The lowest BCUT2D eigenvalue weighted by molar-refractivity contribution is -0.119. The minimum Gasteiger partial charge on any atom is -0.479 e. The number of rotatable bonds is 3. The van der Waals surface area contributed by atoms with Gasteiger partial charge in [0.1, 0.15) is 5.92 Å². The number of hydrazone groups is 1. The number of benzene rings is 1. The van der Waals surface area contributed by atoms with E-state index in [0.717, 1.165) is 0 Å². The molecular formula is C14H17N3O3. The van der Waals surface area contributed by atoms with Crippen LogP contribution in [0.25, 0.3) is 0 Å². The summed E-state index contributed by atoms with van der Waals surface area (Å²) in [5.41, 5.74) is 1.32. The van der Waals surface area contributed by atoms with E-state index in [2.05, 4.69) is 10.4 Å². The van der Waals surface area contributed by atoms with Gasteiger partial charge in [0.2, 0.25) is 11.8 Å². The van der Waals surface area contributed by atoms with Crippen molar-refractivity contribution >= 4 is 29.1 Å². The quantitative estimate of drug-likeness (QED) is 0.916. The maximum atomic E-state index is 12.1. The zero-order valence-electron chi connectivity index (χ0n) is 11.7. The Morgan fingerprint density at radius 3 is 2.60 bits per heavy atom. The number of ether oxygens (including phenoxy) is 1. The Bertz CT molecular complexity index is 551. The molecule has 1 N–H and O–H groups in total. The van der Waals surface area contributed by atoms with Crippen LogP contribution in [0.15, 0.2) is 29.4 Å². The second-order valence-corrected chi connectivity index (χ2v) is 4.47. The summed E-state index contributed by atoms with van der Waals surface area (Å²) in [6.07, 6.45) is 0. The number of amides is 2.